The predicted molar refractivity (Wildman–Crippen MR) is 77.5 cm³/mol. The summed E-state index contributed by atoms with van der Waals surface area (Å²) in [7, 11) is 1.99. The molecule has 6 heteroatoms. The molecule has 0 saturated carbocycles. The van der Waals surface area contributed by atoms with Gasteiger partial charge in [0.25, 0.3) is 0 Å². The minimum absolute atomic E-state index is 0.601. The average molecular weight is 282 g/mol. The Balaban J connectivity index is 2.14. The zero-order chi connectivity index (χ0) is 13.4. The normalized spacial score (nSPS) is 16.5. The van der Waals surface area contributed by atoms with Gasteiger partial charge in [-0.2, -0.15) is 5.10 Å². The van der Waals surface area contributed by atoms with E-state index in [-0.39, 0.29) is 0 Å². The Morgan fingerprint density at radius 1 is 1.21 bits per heavy atom. The maximum absolute atomic E-state index is 5.93. The van der Waals surface area contributed by atoms with E-state index in [4.69, 9.17) is 16.6 Å². The van der Waals surface area contributed by atoms with E-state index < -0.39 is 0 Å². The van der Waals surface area contributed by atoms with Gasteiger partial charge in [0, 0.05) is 32.4 Å². The van der Waals surface area contributed by atoms with Crippen LogP contribution in [0.5, 0.6) is 0 Å². The molecule has 1 aliphatic rings. The number of hydrogen-bond donors (Lipinski definition) is 0. The van der Waals surface area contributed by atoms with Crippen molar-refractivity contribution in [3.8, 4) is 0 Å². The monoisotopic (exact) mass is 281 g/mol. The number of imidazole rings is 1. The molecule has 0 spiro atoms. The molecule has 1 aliphatic heterocycles. The molecule has 0 radical (unpaired) electrons. The summed E-state index contributed by atoms with van der Waals surface area (Å²) < 4.78 is 4.18. The Bertz CT molecular complexity index is 579. The Morgan fingerprint density at radius 2 is 1.95 bits per heavy atom. The fourth-order valence-electron chi connectivity index (χ4n) is 2.92. The summed E-state index contributed by atoms with van der Waals surface area (Å²) in [4.78, 5) is 4.75. The van der Waals surface area contributed by atoms with Crippen molar-refractivity contribution in [2.24, 2.45) is 7.05 Å². The molecule has 0 aliphatic carbocycles. The molecular formula is C13H20ClN5. The number of alkyl halides is 1. The zero-order valence-corrected chi connectivity index (χ0v) is 12.3. The lowest BCUT2D eigenvalue weighted by Gasteiger charge is -2.31. The van der Waals surface area contributed by atoms with E-state index in [1.165, 1.54) is 19.3 Å². The number of nitrogens with zero attached hydrogens (tertiary/aromatic N) is 5. The highest BCUT2D eigenvalue weighted by atomic mass is 35.5. The number of fused-ring (bicyclic) bond motifs is 1. The summed E-state index contributed by atoms with van der Waals surface area (Å²) in [5, 5.41) is 6.87. The molecule has 104 valence electrons. The van der Waals surface area contributed by atoms with E-state index in [9.17, 15) is 0 Å². The molecule has 0 unspecified atom stereocenters. The molecule has 3 rings (SSSR count). The van der Waals surface area contributed by atoms with Gasteiger partial charge in [-0.1, -0.05) is 0 Å². The minimum atomic E-state index is 0.601. The topological polar surface area (TPSA) is 38.9 Å². The Kier molecular flexibility index (Phi) is 3.39. The second-order valence-corrected chi connectivity index (χ2v) is 5.55. The van der Waals surface area contributed by atoms with Crippen LogP contribution < -0.4 is 5.01 Å². The minimum Gasteiger partial charge on any atom is -0.310 e. The van der Waals surface area contributed by atoms with Gasteiger partial charge in [0.15, 0.2) is 5.65 Å². The van der Waals surface area contributed by atoms with Crippen LogP contribution in [0.25, 0.3) is 11.2 Å². The summed E-state index contributed by atoms with van der Waals surface area (Å²) in [6.45, 7) is 4.19. The summed E-state index contributed by atoms with van der Waals surface area (Å²) in [5.74, 6) is 1.66. The molecule has 3 heterocycles. The number of aryl methyl sites for hydroxylation is 3. The van der Waals surface area contributed by atoms with Crippen molar-refractivity contribution in [3.63, 3.8) is 0 Å². The molecule has 2 aromatic rings. The summed E-state index contributed by atoms with van der Waals surface area (Å²) in [6.07, 6.45) is 4.61. The second-order valence-electron chi connectivity index (χ2n) is 5.17. The van der Waals surface area contributed by atoms with Crippen molar-refractivity contribution in [2.45, 2.75) is 32.6 Å². The van der Waals surface area contributed by atoms with E-state index in [1.54, 1.807) is 0 Å². The first kappa shape index (κ1) is 12.8. The molecule has 19 heavy (non-hydrogen) atoms. The molecule has 0 bridgehead atoms. The molecule has 2 aromatic heterocycles. The number of piperidine rings is 1. The maximum atomic E-state index is 5.93. The number of hydrogen-bond acceptors (Lipinski definition) is 3. The molecule has 0 amide bonds. The van der Waals surface area contributed by atoms with Gasteiger partial charge >= 0.3 is 0 Å². The summed E-state index contributed by atoms with van der Waals surface area (Å²) in [6, 6.07) is 0. The molecule has 0 aromatic carbocycles. The molecule has 5 nitrogen and oxygen atoms in total. The molecule has 1 saturated heterocycles. The quantitative estimate of drug-likeness (QED) is 0.808. The molecular weight excluding hydrogens is 262 g/mol. The fraction of sp³-hybridized carbons (Fsp3) is 0.692. The second kappa shape index (κ2) is 5.04. The van der Waals surface area contributed by atoms with Crippen LogP contribution in [-0.2, 0) is 13.5 Å². The third-order valence-electron chi connectivity index (χ3n) is 3.78. The Hall–Kier alpha value is -1.23. The highest BCUT2D eigenvalue weighted by Crippen LogP contribution is 2.21. The molecule has 1 fully saturated rings. The van der Waals surface area contributed by atoms with Crippen molar-refractivity contribution < 1.29 is 0 Å². The summed E-state index contributed by atoms with van der Waals surface area (Å²) in [5.41, 5.74) is 3.09. The number of aromatic nitrogens is 4. The van der Waals surface area contributed by atoms with Crippen LogP contribution in [0.2, 0.25) is 0 Å². The third kappa shape index (κ3) is 2.10. The first-order valence-electron chi connectivity index (χ1n) is 6.94. The highest BCUT2D eigenvalue weighted by molar-refractivity contribution is 6.17. The van der Waals surface area contributed by atoms with Crippen molar-refractivity contribution in [1.29, 1.82) is 0 Å². The van der Waals surface area contributed by atoms with Gasteiger partial charge in [-0.25, -0.2) is 14.3 Å². The van der Waals surface area contributed by atoms with Gasteiger partial charge in [-0.05, 0) is 26.2 Å². The smallest absolute Gasteiger partial charge is 0.177 e. The zero-order valence-electron chi connectivity index (χ0n) is 11.6. The SMILES string of the molecule is Cc1nn(C)c2c1nc(CCCl)n2N1CCCCC1. The predicted octanol–water partition coefficient (Wildman–Crippen LogP) is 1.98. The van der Waals surface area contributed by atoms with Gasteiger partial charge in [0.05, 0.1) is 5.69 Å². The lowest BCUT2D eigenvalue weighted by atomic mass is 10.2. The molecule has 0 N–H and O–H groups in total. The first-order valence-corrected chi connectivity index (χ1v) is 7.48. The number of rotatable bonds is 3. The van der Waals surface area contributed by atoms with Crippen LogP contribution in [0.1, 0.15) is 30.8 Å². The standard InChI is InChI=1S/C13H20ClN5/c1-10-12-13(17(2)16-10)19(11(15-12)6-7-14)18-8-4-3-5-9-18/h3-9H2,1-2H3. The van der Waals surface area contributed by atoms with Gasteiger partial charge in [0.1, 0.15) is 11.3 Å². The van der Waals surface area contributed by atoms with E-state index in [0.29, 0.717) is 5.88 Å². The van der Waals surface area contributed by atoms with Gasteiger partial charge in [-0.15, -0.1) is 11.6 Å². The van der Waals surface area contributed by atoms with Crippen LogP contribution >= 0.6 is 11.6 Å². The van der Waals surface area contributed by atoms with Crippen molar-refractivity contribution in [3.05, 3.63) is 11.5 Å². The van der Waals surface area contributed by atoms with E-state index in [0.717, 1.165) is 42.2 Å². The van der Waals surface area contributed by atoms with Crippen molar-refractivity contribution >= 4 is 22.8 Å². The van der Waals surface area contributed by atoms with Crippen LogP contribution in [0.3, 0.4) is 0 Å². The largest absolute Gasteiger partial charge is 0.310 e. The van der Waals surface area contributed by atoms with E-state index >= 15 is 0 Å². The summed E-state index contributed by atoms with van der Waals surface area (Å²) >= 11 is 5.93. The Morgan fingerprint density at radius 3 is 2.63 bits per heavy atom. The van der Waals surface area contributed by atoms with Gasteiger partial charge in [0.2, 0.25) is 0 Å². The van der Waals surface area contributed by atoms with Crippen LogP contribution in [-0.4, -0.2) is 38.4 Å². The number of halogens is 1. The van der Waals surface area contributed by atoms with Crippen molar-refractivity contribution in [2.75, 3.05) is 24.0 Å². The van der Waals surface area contributed by atoms with Crippen LogP contribution in [0.15, 0.2) is 0 Å². The van der Waals surface area contributed by atoms with Gasteiger partial charge < -0.3 is 5.01 Å². The first-order chi connectivity index (χ1) is 9.22. The van der Waals surface area contributed by atoms with E-state index in [2.05, 4.69) is 14.8 Å². The van der Waals surface area contributed by atoms with Crippen LogP contribution in [0, 0.1) is 6.92 Å². The average Bonchev–Trinajstić information content (AvgIpc) is 2.91. The molecule has 0 atom stereocenters. The third-order valence-corrected chi connectivity index (χ3v) is 3.97. The Labute approximate surface area is 118 Å². The lowest BCUT2D eigenvalue weighted by Crippen LogP contribution is -2.40. The lowest BCUT2D eigenvalue weighted by molar-refractivity contribution is 0.470. The fourth-order valence-corrected chi connectivity index (χ4v) is 3.09. The van der Waals surface area contributed by atoms with Crippen LogP contribution in [0.4, 0.5) is 0 Å². The van der Waals surface area contributed by atoms with E-state index in [1.807, 2.05) is 18.7 Å². The van der Waals surface area contributed by atoms with Gasteiger partial charge in [-0.3, -0.25) is 0 Å². The highest BCUT2D eigenvalue weighted by Gasteiger charge is 2.22. The maximum Gasteiger partial charge on any atom is 0.177 e. The van der Waals surface area contributed by atoms with Crippen molar-refractivity contribution in [1.82, 2.24) is 19.4 Å².